The highest BCUT2D eigenvalue weighted by atomic mass is 79.9. The van der Waals surface area contributed by atoms with E-state index >= 15 is 0 Å². The van der Waals surface area contributed by atoms with Crippen LogP contribution in [0.4, 0.5) is 5.69 Å². The second kappa shape index (κ2) is 6.19. The van der Waals surface area contributed by atoms with Crippen molar-refractivity contribution >= 4 is 33.2 Å². The predicted octanol–water partition coefficient (Wildman–Crippen LogP) is 5.11. The van der Waals surface area contributed by atoms with Crippen molar-refractivity contribution < 1.29 is 0 Å². The normalized spacial score (nSPS) is 11.2. The molecule has 0 aliphatic carbocycles. The van der Waals surface area contributed by atoms with Crippen molar-refractivity contribution in [3.05, 3.63) is 44.6 Å². The Morgan fingerprint density at radius 1 is 1.35 bits per heavy atom. The second-order valence-electron chi connectivity index (χ2n) is 5.19. The third kappa shape index (κ3) is 3.18. The molecule has 2 rings (SSSR count). The maximum atomic E-state index is 6.11. The average Bonchev–Trinajstić information content (AvgIpc) is 2.67. The number of hydrogen-bond acceptors (Lipinski definition) is 2. The Labute approximate surface area is 133 Å². The molecule has 0 spiro atoms. The summed E-state index contributed by atoms with van der Waals surface area (Å²) < 4.78 is 2.97. The molecule has 108 valence electrons. The molecule has 0 amide bonds. The first-order chi connectivity index (χ1) is 9.40. The third-order valence-electron chi connectivity index (χ3n) is 3.27. The van der Waals surface area contributed by atoms with Gasteiger partial charge in [0, 0.05) is 17.1 Å². The molecule has 0 unspecified atom stereocenters. The summed E-state index contributed by atoms with van der Waals surface area (Å²) in [4.78, 5) is 0. The lowest BCUT2D eigenvalue weighted by molar-refractivity contribution is 0.516. The van der Waals surface area contributed by atoms with E-state index in [0.717, 1.165) is 33.0 Å². The first-order valence-electron chi connectivity index (χ1n) is 6.63. The monoisotopic (exact) mass is 355 g/mol. The summed E-state index contributed by atoms with van der Waals surface area (Å²) in [6.07, 6.45) is 0. The molecule has 5 heteroatoms. The van der Waals surface area contributed by atoms with Crippen LogP contribution in [0.25, 0.3) is 0 Å². The van der Waals surface area contributed by atoms with Crippen molar-refractivity contribution in [3.63, 3.8) is 0 Å². The maximum Gasteiger partial charge on any atom is 0.0828 e. The number of hydrogen-bond donors (Lipinski definition) is 1. The Balaban J connectivity index is 2.16. The molecule has 1 aromatic heterocycles. The zero-order chi connectivity index (χ0) is 14.9. The molecule has 2 aromatic rings. The Hall–Kier alpha value is -1.000. The third-order valence-corrected chi connectivity index (χ3v) is 4.50. The van der Waals surface area contributed by atoms with Gasteiger partial charge in [0.25, 0.3) is 0 Å². The summed E-state index contributed by atoms with van der Waals surface area (Å²) in [5, 5.41) is 8.77. The van der Waals surface area contributed by atoms with Gasteiger partial charge in [-0.3, -0.25) is 4.68 Å². The van der Waals surface area contributed by atoms with Gasteiger partial charge in [-0.15, -0.1) is 0 Å². The van der Waals surface area contributed by atoms with Crippen LogP contribution in [-0.2, 0) is 6.54 Å². The van der Waals surface area contributed by atoms with E-state index in [2.05, 4.69) is 53.2 Å². The minimum absolute atomic E-state index is 0.367. The van der Waals surface area contributed by atoms with E-state index in [1.54, 1.807) is 0 Å². The Morgan fingerprint density at radius 2 is 2.05 bits per heavy atom. The zero-order valence-electron chi connectivity index (χ0n) is 12.2. The minimum atomic E-state index is 0.367. The van der Waals surface area contributed by atoms with Gasteiger partial charge in [0.1, 0.15) is 0 Å². The van der Waals surface area contributed by atoms with Gasteiger partial charge in [0.15, 0.2) is 0 Å². The highest BCUT2D eigenvalue weighted by Gasteiger charge is 2.13. The summed E-state index contributed by atoms with van der Waals surface area (Å²) in [5.74, 6) is 0. The second-order valence-corrected chi connectivity index (χ2v) is 6.45. The fraction of sp³-hybridized carbons (Fsp3) is 0.400. The minimum Gasteiger partial charge on any atom is -0.378 e. The average molecular weight is 357 g/mol. The summed E-state index contributed by atoms with van der Waals surface area (Å²) in [6, 6.07) is 6.36. The summed E-state index contributed by atoms with van der Waals surface area (Å²) in [6.45, 7) is 9.13. The molecule has 0 saturated heterocycles. The van der Waals surface area contributed by atoms with E-state index in [-0.39, 0.29) is 0 Å². The molecule has 3 nitrogen and oxygen atoms in total. The van der Waals surface area contributed by atoms with E-state index in [4.69, 9.17) is 11.6 Å². The molecule has 0 radical (unpaired) electrons. The molecule has 0 fully saturated rings. The largest absolute Gasteiger partial charge is 0.378 e. The van der Waals surface area contributed by atoms with Crippen LogP contribution in [0.15, 0.2) is 22.7 Å². The lowest BCUT2D eigenvalue weighted by Gasteiger charge is -2.10. The fourth-order valence-corrected chi connectivity index (χ4v) is 2.71. The van der Waals surface area contributed by atoms with E-state index < -0.39 is 0 Å². The van der Waals surface area contributed by atoms with Crippen molar-refractivity contribution in [2.24, 2.45) is 0 Å². The Morgan fingerprint density at radius 3 is 2.60 bits per heavy atom. The molecule has 0 bridgehead atoms. The molecule has 20 heavy (non-hydrogen) atoms. The van der Waals surface area contributed by atoms with Crippen LogP contribution < -0.4 is 5.32 Å². The number of nitrogens with one attached hydrogen (secondary N) is 1. The van der Waals surface area contributed by atoms with Crippen molar-refractivity contribution in [1.29, 1.82) is 0 Å². The van der Waals surface area contributed by atoms with Crippen molar-refractivity contribution in [2.75, 3.05) is 5.32 Å². The molecule has 0 aliphatic heterocycles. The molecule has 1 heterocycles. The number of aryl methyl sites for hydroxylation is 1. The van der Waals surface area contributed by atoms with Crippen LogP contribution in [0, 0.1) is 13.8 Å². The van der Waals surface area contributed by atoms with Gasteiger partial charge in [-0.2, -0.15) is 5.10 Å². The number of anilines is 1. The predicted molar refractivity (Wildman–Crippen MR) is 88.6 cm³/mol. The van der Waals surface area contributed by atoms with Crippen molar-refractivity contribution in [1.82, 2.24) is 9.78 Å². The van der Waals surface area contributed by atoms with E-state index in [0.29, 0.717) is 6.04 Å². The Kier molecular flexibility index (Phi) is 4.76. The van der Waals surface area contributed by atoms with Gasteiger partial charge in [-0.25, -0.2) is 0 Å². The number of benzene rings is 1. The van der Waals surface area contributed by atoms with Gasteiger partial charge in [-0.1, -0.05) is 17.7 Å². The lowest BCUT2D eigenvalue weighted by atomic mass is 10.2. The van der Waals surface area contributed by atoms with Crippen LogP contribution in [0.3, 0.4) is 0 Å². The summed E-state index contributed by atoms with van der Waals surface area (Å²) in [7, 11) is 0. The number of halogens is 2. The molecule has 1 aromatic carbocycles. The zero-order valence-corrected chi connectivity index (χ0v) is 14.5. The standard InChI is InChI=1S/C15H19BrClN3/c1-9(2)20-11(4)15(10(3)19-20)18-8-12-5-6-13(16)14(17)7-12/h5-7,9,18H,8H2,1-4H3. The first-order valence-corrected chi connectivity index (χ1v) is 7.80. The number of aromatic nitrogens is 2. The SMILES string of the molecule is Cc1nn(C(C)C)c(C)c1NCc1ccc(Br)c(Cl)c1. The van der Waals surface area contributed by atoms with Crippen molar-refractivity contribution in [2.45, 2.75) is 40.3 Å². The fourth-order valence-electron chi connectivity index (χ4n) is 2.26. The van der Waals surface area contributed by atoms with Crippen LogP contribution in [-0.4, -0.2) is 9.78 Å². The number of nitrogens with zero attached hydrogens (tertiary/aromatic N) is 2. The quantitative estimate of drug-likeness (QED) is 0.825. The summed E-state index contributed by atoms with van der Waals surface area (Å²) in [5.41, 5.74) is 4.45. The van der Waals surface area contributed by atoms with Crippen LogP contribution in [0.2, 0.25) is 5.02 Å². The van der Waals surface area contributed by atoms with Crippen molar-refractivity contribution in [3.8, 4) is 0 Å². The molecule has 0 saturated carbocycles. The van der Waals surface area contributed by atoms with Gasteiger partial charge in [0.05, 0.1) is 22.1 Å². The van der Waals surface area contributed by atoms with E-state index in [1.807, 2.05) is 23.7 Å². The van der Waals surface area contributed by atoms with Crippen LogP contribution in [0.1, 0.15) is 36.8 Å². The molecule has 1 N–H and O–H groups in total. The van der Waals surface area contributed by atoms with Gasteiger partial charge in [-0.05, 0) is 61.3 Å². The summed E-state index contributed by atoms with van der Waals surface area (Å²) >= 11 is 9.51. The van der Waals surface area contributed by atoms with Crippen LogP contribution in [0.5, 0.6) is 0 Å². The molecular formula is C15H19BrClN3. The highest BCUT2D eigenvalue weighted by Crippen LogP contribution is 2.25. The van der Waals surface area contributed by atoms with Gasteiger partial charge < -0.3 is 5.32 Å². The molecule has 0 aliphatic rings. The smallest absolute Gasteiger partial charge is 0.0828 e. The van der Waals surface area contributed by atoms with Crippen LogP contribution >= 0.6 is 27.5 Å². The first kappa shape index (κ1) is 15.4. The highest BCUT2D eigenvalue weighted by molar-refractivity contribution is 9.10. The lowest BCUT2D eigenvalue weighted by Crippen LogP contribution is -2.06. The molecular weight excluding hydrogens is 338 g/mol. The Bertz CT molecular complexity index is 620. The van der Waals surface area contributed by atoms with Gasteiger partial charge in [0.2, 0.25) is 0 Å². The topological polar surface area (TPSA) is 29.9 Å². The van der Waals surface area contributed by atoms with E-state index in [9.17, 15) is 0 Å². The number of rotatable bonds is 4. The molecule has 0 atom stereocenters. The van der Waals surface area contributed by atoms with E-state index in [1.165, 1.54) is 5.69 Å². The maximum absolute atomic E-state index is 6.11. The van der Waals surface area contributed by atoms with Gasteiger partial charge >= 0.3 is 0 Å².